The van der Waals surface area contributed by atoms with Crippen LogP contribution in [0.5, 0.6) is 0 Å². The van der Waals surface area contributed by atoms with Crippen LogP contribution >= 0.6 is 11.3 Å². The lowest BCUT2D eigenvalue weighted by molar-refractivity contribution is 0.672. The van der Waals surface area contributed by atoms with Gasteiger partial charge >= 0.3 is 0 Å². The second kappa shape index (κ2) is 13.8. The molecule has 0 aliphatic heterocycles. The van der Waals surface area contributed by atoms with Gasteiger partial charge in [0.05, 0.1) is 22.1 Å². The van der Waals surface area contributed by atoms with Gasteiger partial charge in [-0.2, -0.15) is 0 Å². The Morgan fingerprint density at radius 2 is 1.00 bits per heavy atom. The van der Waals surface area contributed by atoms with Crippen LogP contribution in [0.4, 0.5) is 17.1 Å². The van der Waals surface area contributed by atoms with Gasteiger partial charge in [-0.05, 0) is 119 Å². The smallest absolute Gasteiger partial charge is 0.143 e. The van der Waals surface area contributed by atoms with Crippen molar-refractivity contribution in [3.05, 3.63) is 218 Å². The summed E-state index contributed by atoms with van der Waals surface area (Å²) in [5.74, 6) is 0. The Morgan fingerprint density at radius 1 is 0.387 bits per heavy atom. The highest BCUT2D eigenvalue weighted by atomic mass is 32.1. The molecule has 0 unspecified atom stereocenters. The number of hydrogen-bond donors (Lipinski definition) is 0. The van der Waals surface area contributed by atoms with Crippen molar-refractivity contribution in [3.8, 4) is 27.9 Å². The number of fused-ring (bicyclic) bond motifs is 11. The highest BCUT2D eigenvalue weighted by Gasteiger charge is 2.21. The summed E-state index contributed by atoms with van der Waals surface area (Å²) in [6.45, 7) is 0. The van der Waals surface area contributed by atoms with Crippen LogP contribution in [0.25, 0.3) is 103 Å². The molecular formula is C58H36N2OS. The molecule has 0 N–H and O–H groups in total. The van der Waals surface area contributed by atoms with Gasteiger partial charge in [-0.1, -0.05) is 127 Å². The molecule has 62 heavy (non-hydrogen) atoms. The van der Waals surface area contributed by atoms with Gasteiger partial charge in [-0.15, -0.1) is 11.3 Å². The lowest BCUT2D eigenvalue weighted by Gasteiger charge is -2.26. The standard InChI is InChI=1S/C58H36N2OS/c1-2-12-42(13-3-1)60-51-17-8-6-15-46(51)49-35-40(26-33-52(49)60)37-21-28-43(29-22-37)59(53-18-10-19-54-57(53)48-32-25-39-11-4-5-14-45(39)58(48)61-54)44-30-23-38(24-31-44)41-27-34-56-50(36-41)47-16-7-9-20-55(47)62-56/h1-36H. The third-order valence-electron chi connectivity index (χ3n) is 12.6. The number of nitrogens with zero attached hydrogens (tertiary/aromatic N) is 2. The monoisotopic (exact) mass is 808 g/mol. The second-order valence-corrected chi connectivity index (χ2v) is 17.2. The van der Waals surface area contributed by atoms with Gasteiger partial charge in [0.1, 0.15) is 11.2 Å². The number of benzene rings is 10. The maximum absolute atomic E-state index is 6.71. The molecule has 0 amide bonds. The molecule has 0 aliphatic rings. The fourth-order valence-corrected chi connectivity index (χ4v) is 10.8. The van der Waals surface area contributed by atoms with E-state index in [1.165, 1.54) is 64.1 Å². The number of furan rings is 1. The quantitative estimate of drug-likeness (QED) is 0.167. The van der Waals surface area contributed by atoms with E-state index < -0.39 is 0 Å². The molecule has 0 fully saturated rings. The summed E-state index contributed by atoms with van der Waals surface area (Å²) < 4.78 is 11.7. The maximum atomic E-state index is 6.71. The maximum Gasteiger partial charge on any atom is 0.143 e. The Bertz CT molecular complexity index is 3860. The van der Waals surface area contributed by atoms with Crippen molar-refractivity contribution < 1.29 is 4.42 Å². The van der Waals surface area contributed by atoms with Crippen molar-refractivity contribution in [2.45, 2.75) is 0 Å². The third-order valence-corrected chi connectivity index (χ3v) is 13.7. The van der Waals surface area contributed by atoms with Crippen molar-refractivity contribution >= 4 is 103 Å². The van der Waals surface area contributed by atoms with E-state index >= 15 is 0 Å². The largest absolute Gasteiger partial charge is 0.455 e. The normalized spacial score (nSPS) is 11.9. The van der Waals surface area contributed by atoms with Crippen molar-refractivity contribution in [3.63, 3.8) is 0 Å². The molecule has 0 radical (unpaired) electrons. The van der Waals surface area contributed by atoms with Crippen molar-refractivity contribution in [1.29, 1.82) is 0 Å². The molecule has 0 atom stereocenters. The van der Waals surface area contributed by atoms with E-state index in [1.54, 1.807) is 0 Å². The molecule has 4 heteroatoms. The van der Waals surface area contributed by atoms with Gasteiger partial charge in [0, 0.05) is 58.8 Å². The van der Waals surface area contributed by atoms with Gasteiger partial charge in [-0.3, -0.25) is 0 Å². The summed E-state index contributed by atoms with van der Waals surface area (Å²) in [7, 11) is 0. The number of para-hydroxylation sites is 2. The van der Waals surface area contributed by atoms with Crippen LogP contribution in [0.1, 0.15) is 0 Å². The Hall–Kier alpha value is -7.92. The molecule has 13 rings (SSSR count). The van der Waals surface area contributed by atoms with Crippen molar-refractivity contribution in [2.75, 3.05) is 4.90 Å². The molecule has 3 nitrogen and oxygen atoms in total. The molecule has 0 aliphatic carbocycles. The Kier molecular flexibility index (Phi) is 7.78. The predicted octanol–water partition coefficient (Wildman–Crippen LogP) is 17.0. The zero-order chi connectivity index (χ0) is 40.7. The third kappa shape index (κ3) is 5.44. The molecular weight excluding hydrogens is 773 g/mol. The first-order valence-corrected chi connectivity index (χ1v) is 21.9. The summed E-state index contributed by atoms with van der Waals surface area (Å²) >= 11 is 1.85. The van der Waals surface area contributed by atoms with Crippen LogP contribution in [0.2, 0.25) is 0 Å². The summed E-state index contributed by atoms with van der Waals surface area (Å²) in [6, 6.07) is 79.2. The minimum absolute atomic E-state index is 0.867. The Labute approximate surface area is 361 Å². The SMILES string of the molecule is c1ccc(-n2c3ccccc3c3cc(-c4ccc(N(c5ccc(-c6ccc7sc8ccccc8c7c6)cc5)c5cccc6oc7c8ccccc8ccc7c56)cc4)ccc32)cc1. The van der Waals surface area contributed by atoms with E-state index in [4.69, 9.17) is 4.42 Å². The summed E-state index contributed by atoms with van der Waals surface area (Å²) in [5, 5.41) is 9.59. The lowest BCUT2D eigenvalue weighted by Crippen LogP contribution is -2.10. The molecule has 3 heterocycles. The van der Waals surface area contributed by atoms with Crippen LogP contribution in [0.3, 0.4) is 0 Å². The fraction of sp³-hybridized carbons (Fsp3) is 0. The van der Waals surface area contributed by atoms with E-state index in [-0.39, 0.29) is 0 Å². The van der Waals surface area contributed by atoms with Crippen LogP contribution < -0.4 is 4.90 Å². The highest BCUT2D eigenvalue weighted by molar-refractivity contribution is 7.25. The number of hydrogen-bond acceptors (Lipinski definition) is 3. The van der Waals surface area contributed by atoms with Crippen LogP contribution in [-0.4, -0.2) is 4.57 Å². The van der Waals surface area contributed by atoms with Gasteiger partial charge < -0.3 is 13.9 Å². The van der Waals surface area contributed by atoms with Gasteiger partial charge in [0.2, 0.25) is 0 Å². The minimum atomic E-state index is 0.867. The number of aromatic nitrogens is 1. The predicted molar refractivity (Wildman–Crippen MR) is 264 cm³/mol. The van der Waals surface area contributed by atoms with Crippen LogP contribution in [0, 0.1) is 0 Å². The molecule has 0 bridgehead atoms. The number of thiophene rings is 1. The van der Waals surface area contributed by atoms with E-state index in [0.717, 1.165) is 55.6 Å². The van der Waals surface area contributed by atoms with Gasteiger partial charge in [0.25, 0.3) is 0 Å². The van der Waals surface area contributed by atoms with Crippen molar-refractivity contribution in [1.82, 2.24) is 4.57 Å². The first-order valence-electron chi connectivity index (χ1n) is 21.1. The summed E-state index contributed by atoms with van der Waals surface area (Å²) in [5.41, 5.74) is 13.3. The van der Waals surface area contributed by atoms with E-state index in [2.05, 4.69) is 228 Å². The second-order valence-electron chi connectivity index (χ2n) is 16.1. The molecule has 0 spiro atoms. The van der Waals surface area contributed by atoms with Crippen molar-refractivity contribution in [2.24, 2.45) is 0 Å². The van der Waals surface area contributed by atoms with E-state index in [9.17, 15) is 0 Å². The molecule has 10 aromatic carbocycles. The average Bonchev–Trinajstić information content (AvgIpc) is 4.02. The molecule has 0 saturated heterocycles. The lowest BCUT2D eigenvalue weighted by atomic mass is 10.0. The minimum Gasteiger partial charge on any atom is -0.455 e. The Balaban J connectivity index is 0.947. The molecule has 13 aromatic rings. The fourth-order valence-electron chi connectivity index (χ4n) is 9.67. The van der Waals surface area contributed by atoms with E-state index in [1.807, 2.05) is 11.3 Å². The zero-order valence-electron chi connectivity index (χ0n) is 33.5. The van der Waals surface area contributed by atoms with Crippen LogP contribution in [0.15, 0.2) is 223 Å². The zero-order valence-corrected chi connectivity index (χ0v) is 34.3. The van der Waals surface area contributed by atoms with Gasteiger partial charge in [0.15, 0.2) is 0 Å². The topological polar surface area (TPSA) is 21.3 Å². The summed E-state index contributed by atoms with van der Waals surface area (Å²) in [4.78, 5) is 2.38. The number of anilines is 3. The first kappa shape index (κ1) is 34.9. The van der Waals surface area contributed by atoms with E-state index in [0.29, 0.717) is 0 Å². The highest BCUT2D eigenvalue weighted by Crippen LogP contribution is 2.45. The molecule has 290 valence electrons. The van der Waals surface area contributed by atoms with Crippen LogP contribution in [-0.2, 0) is 0 Å². The average molecular weight is 809 g/mol. The number of rotatable bonds is 6. The first-order chi connectivity index (χ1) is 30.7. The summed E-state index contributed by atoms with van der Waals surface area (Å²) in [6.07, 6.45) is 0. The van der Waals surface area contributed by atoms with Gasteiger partial charge in [-0.25, -0.2) is 0 Å². The Morgan fingerprint density at radius 3 is 1.79 bits per heavy atom. The molecule has 0 saturated carbocycles. The molecule has 3 aromatic heterocycles.